The van der Waals surface area contributed by atoms with Gasteiger partial charge in [-0.25, -0.2) is 9.97 Å². The molecule has 0 aliphatic heterocycles. The molecule has 92 valence electrons. The number of anilines is 2. The smallest absolute Gasteiger partial charge is 0.136 e. The number of rotatable bonds is 5. The molecule has 0 aromatic carbocycles. The predicted molar refractivity (Wildman–Crippen MR) is 69.0 cm³/mol. The van der Waals surface area contributed by atoms with Gasteiger partial charge in [0, 0.05) is 25.1 Å². The minimum Gasteiger partial charge on any atom is -0.384 e. The van der Waals surface area contributed by atoms with Gasteiger partial charge in [0.2, 0.25) is 0 Å². The maximum Gasteiger partial charge on any atom is 0.136 e. The third-order valence-corrected chi connectivity index (χ3v) is 3.57. The molecule has 0 bridgehead atoms. The Kier molecular flexibility index (Phi) is 2.65. The van der Waals surface area contributed by atoms with Gasteiger partial charge in [-0.15, -0.1) is 0 Å². The largest absolute Gasteiger partial charge is 0.384 e. The topological polar surface area (TPSA) is 55.0 Å². The first kappa shape index (κ1) is 10.8. The van der Waals surface area contributed by atoms with Gasteiger partial charge in [0.15, 0.2) is 0 Å². The zero-order valence-electron chi connectivity index (χ0n) is 10.4. The second-order valence-electron chi connectivity index (χ2n) is 5.27. The van der Waals surface area contributed by atoms with Gasteiger partial charge in [-0.05, 0) is 38.5 Å². The summed E-state index contributed by atoms with van der Waals surface area (Å²) >= 11 is 0. The molecule has 1 heterocycles. The summed E-state index contributed by atoms with van der Waals surface area (Å²) in [5.41, 5.74) is 5.89. The summed E-state index contributed by atoms with van der Waals surface area (Å²) in [5.74, 6) is 4.03. The van der Waals surface area contributed by atoms with Gasteiger partial charge in [0.25, 0.3) is 0 Å². The molecule has 0 atom stereocenters. The molecule has 2 fully saturated rings. The van der Waals surface area contributed by atoms with Crippen molar-refractivity contribution in [1.29, 1.82) is 0 Å². The van der Waals surface area contributed by atoms with Crippen LogP contribution in [0.15, 0.2) is 6.07 Å². The third-order valence-electron chi connectivity index (χ3n) is 3.57. The van der Waals surface area contributed by atoms with Crippen LogP contribution in [0.5, 0.6) is 0 Å². The lowest BCUT2D eigenvalue weighted by atomic mass is 10.3. The van der Waals surface area contributed by atoms with Crippen molar-refractivity contribution in [1.82, 2.24) is 9.97 Å². The number of nitrogens with two attached hydrogens (primary N) is 1. The fraction of sp³-hybridized carbons (Fsp3) is 0.692. The monoisotopic (exact) mass is 232 g/mol. The fourth-order valence-corrected chi connectivity index (χ4v) is 2.15. The third kappa shape index (κ3) is 2.51. The van der Waals surface area contributed by atoms with E-state index in [-0.39, 0.29) is 0 Å². The van der Waals surface area contributed by atoms with Crippen LogP contribution in [0.3, 0.4) is 0 Å². The lowest BCUT2D eigenvalue weighted by Gasteiger charge is -2.22. The van der Waals surface area contributed by atoms with Crippen molar-refractivity contribution < 1.29 is 0 Å². The number of hydrogen-bond donors (Lipinski definition) is 1. The Morgan fingerprint density at radius 3 is 2.65 bits per heavy atom. The summed E-state index contributed by atoms with van der Waals surface area (Å²) in [6, 6.07) is 1.91. The summed E-state index contributed by atoms with van der Waals surface area (Å²) in [6.07, 6.45) is 5.17. The highest BCUT2D eigenvalue weighted by Crippen LogP contribution is 2.39. The summed E-state index contributed by atoms with van der Waals surface area (Å²) in [5, 5.41) is 0. The van der Waals surface area contributed by atoms with Crippen molar-refractivity contribution in [2.75, 3.05) is 23.7 Å². The van der Waals surface area contributed by atoms with E-state index < -0.39 is 0 Å². The van der Waals surface area contributed by atoms with Gasteiger partial charge in [-0.2, -0.15) is 0 Å². The van der Waals surface area contributed by atoms with Gasteiger partial charge in [0.05, 0.1) is 0 Å². The SMILES string of the molecule is CCN(CC1CC1)c1cc(N)nc(C2CC2)n1. The maximum atomic E-state index is 5.89. The lowest BCUT2D eigenvalue weighted by molar-refractivity contribution is 0.725. The molecule has 0 amide bonds. The van der Waals surface area contributed by atoms with Crippen LogP contribution in [-0.2, 0) is 0 Å². The molecule has 1 aromatic heterocycles. The highest BCUT2D eigenvalue weighted by molar-refractivity contribution is 5.47. The Morgan fingerprint density at radius 2 is 2.06 bits per heavy atom. The van der Waals surface area contributed by atoms with Crippen molar-refractivity contribution >= 4 is 11.6 Å². The highest BCUT2D eigenvalue weighted by Gasteiger charge is 2.29. The first-order valence-corrected chi connectivity index (χ1v) is 6.65. The minimum absolute atomic E-state index is 0.567. The van der Waals surface area contributed by atoms with Gasteiger partial charge < -0.3 is 10.6 Å². The standard InChI is InChI=1S/C13H20N4/c1-2-17(8-9-3-4-9)12-7-11(14)15-13(16-12)10-5-6-10/h7,9-10H,2-6,8H2,1H3,(H2,14,15,16). The maximum absolute atomic E-state index is 5.89. The first-order chi connectivity index (χ1) is 8.26. The van der Waals surface area contributed by atoms with Crippen LogP contribution in [0, 0.1) is 5.92 Å². The summed E-state index contributed by atoms with van der Waals surface area (Å²) in [6.45, 7) is 4.30. The number of nitrogens with zero attached hydrogens (tertiary/aromatic N) is 3. The summed E-state index contributed by atoms with van der Waals surface area (Å²) in [4.78, 5) is 11.4. The normalized spacial score (nSPS) is 19.4. The van der Waals surface area contributed by atoms with E-state index in [1.165, 1.54) is 25.7 Å². The summed E-state index contributed by atoms with van der Waals surface area (Å²) < 4.78 is 0. The fourth-order valence-electron chi connectivity index (χ4n) is 2.15. The van der Waals surface area contributed by atoms with E-state index >= 15 is 0 Å². The van der Waals surface area contributed by atoms with Crippen LogP contribution in [0.1, 0.15) is 44.3 Å². The van der Waals surface area contributed by atoms with Crippen LogP contribution in [-0.4, -0.2) is 23.1 Å². The molecule has 0 unspecified atom stereocenters. The molecule has 4 nitrogen and oxygen atoms in total. The second-order valence-corrected chi connectivity index (χ2v) is 5.27. The predicted octanol–water partition coefficient (Wildman–Crippen LogP) is 2.17. The van der Waals surface area contributed by atoms with Crippen molar-refractivity contribution in [2.45, 2.75) is 38.5 Å². The summed E-state index contributed by atoms with van der Waals surface area (Å²) in [7, 11) is 0. The molecule has 0 spiro atoms. The van der Waals surface area contributed by atoms with Gasteiger partial charge in [-0.3, -0.25) is 0 Å². The van der Waals surface area contributed by atoms with E-state index in [0.29, 0.717) is 11.7 Å². The van der Waals surface area contributed by atoms with Crippen LogP contribution in [0.25, 0.3) is 0 Å². The molecule has 4 heteroatoms. The molecule has 2 N–H and O–H groups in total. The average Bonchev–Trinajstić information content (AvgIpc) is 3.16. The highest BCUT2D eigenvalue weighted by atomic mass is 15.2. The molecule has 1 aromatic rings. The molecule has 3 rings (SSSR count). The Labute approximate surface area is 102 Å². The zero-order chi connectivity index (χ0) is 11.8. The Morgan fingerprint density at radius 1 is 1.29 bits per heavy atom. The lowest BCUT2D eigenvalue weighted by Crippen LogP contribution is -2.26. The van der Waals surface area contributed by atoms with Crippen LogP contribution in [0.4, 0.5) is 11.6 Å². The van der Waals surface area contributed by atoms with Crippen molar-refractivity contribution in [3.05, 3.63) is 11.9 Å². The number of aromatic nitrogens is 2. The Balaban J connectivity index is 1.83. The molecular formula is C13H20N4. The van der Waals surface area contributed by atoms with Crippen LogP contribution in [0.2, 0.25) is 0 Å². The van der Waals surface area contributed by atoms with E-state index in [1.807, 2.05) is 6.07 Å². The van der Waals surface area contributed by atoms with Gasteiger partial charge >= 0.3 is 0 Å². The van der Waals surface area contributed by atoms with E-state index in [9.17, 15) is 0 Å². The van der Waals surface area contributed by atoms with Gasteiger partial charge in [0.1, 0.15) is 17.5 Å². The number of hydrogen-bond acceptors (Lipinski definition) is 4. The van der Waals surface area contributed by atoms with E-state index in [2.05, 4.69) is 21.8 Å². The molecular weight excluding hydrogens is 212 g/mol. The molecule has 0 radical (unpaired) electrons. The van der Waals surface area contributed by atoms with Crippen LogP contribution < -0.4 is 10.6 Å². The Hall–Kier alpha value is -1.32. The number of nitrogen functional groups attached to an aromatic ring is 1. The van der Waals surface area contributed by atoms with E-state index in [0.717, 1.165) is 30.6 Å². The molecule has 17 heavy (non-hydrogen) atoms. The Bertz CT molecular complexity index is 410. The zero-order valence-corrected chi connectivity index (χ0v) is 10.4. The second kappa shape index (κ2) is 4.17. The van der Waals surface area contributed by atoms with Crippen LogP contribution >= 0.6 is 0 Å². The van der Waals surface area contributed by atoms with Gasteiger partial charge in [-0.1, -0.05) is 0 Å². The van der Waals surface area contributed by atoms with E-state index in [1.54, 1.807) is 0 Å². The molecule has 2 aliphatic carbocycles. The molecule has 2 saturated carbocycles. The van der Waals surface area contributed by atoms with Crippen molar-refractivity contribution in [2.24, 2.45) is 5.92 Å². The molecule has 0 saturated heterocycles. The van der Waals surface area contributed by atoms with Crippen molar-refractivity contribution in [3.63, 3.8) is 0 Å². The first-order valence-electron chi connectivity index (χ1n) is 6.65. The average molecular weight is 232 g/mol. The minimum atomic E-state index is 0.567. The quantitative estimate of drug-likeness (QED) is 0.845. The molecule has 2 aliphatic rings. The van der Waals surface area contributed by atoms with E-state index in [4.69, 9.17) is 5.73 Å². The van der Waals surface area contributed by atoms with Crippen molar-refractivity contribution in [3.8, 4) is 0 Å².